The van der Waals surface area contributed by atoms with Crippen LogP contribution in [0.5, 0.6) is 5.75 Å². The van der Waals surface area contributed by atoms with Crippen molar-refractivity contribution in [2.45, 2.75) is 38.8 Å². The van der Waals surface area contributed by atoms with Crippen molar-refractivity contribution in [2.24, 2.45) is 0 Å². The topological polar surface area (TPSA) is 29.5 Å². The van der Waals surface area contributed by atoms with Gasteiger partial charge in [-0.25, -0.2) is 0 Å². The highest BCUT2D eigenvalue weighted by molar-refractivity contribution is 6.32. The highest BCUT2D eigenvalue weighted by atomic mass is 35.5. The molecule has 0 saturated carbocycles. The zero-order valence-electron chi connectivity index (χ0n) is 13.3. The Morgan fingerprint density at radius 1 is 1.26 bits per heavy atom. The monoisotopic (exact) mass is 329 g/mol. The summed E-state index contributed by atoms with van der Waals surface area (Å²) in [5, 5.41) is 0.522. The molecule has 0 saturated heterocycles. The molecule has 1 heterocycles. The second kappa shape index (κ2) is 6.63. The molecule has 0 fully saturated rings. The summed E-state index contributed by atoms with van der Waals surface area (Å²) in [6.45, 7) is 4.02. The molecule has 1 aliphatic rings. The molecule has 0 radical (unpaired) electrons. The molecule has 2 atom stereocenters. The van der Waals surface area contributed by atoms with Crippen molar-refractivity contribution in [3.8, 4) is 5.75 Å². The van der Waals surface area contributed by atoms with Gasteiger partial charge in [-0.2, -0.15) is 0 Å². The maximum atomic E-state index is 13.0. The maximum absolute atomic E-state index is 13.0. The lowest BCUT2D eigenvalue weighted by atomic mass is 10.1. The van der Waals surface area contributed by atoms with E-state index in [0.717, 1.165) is 12.1 Å². The Labute approximate surface area is 141 Å². The van der Waals surface area contributed by atoms with Gasteiger partial charge in [0.15, 0.2) is 6.10 Å². The van der Waals surface area contributed by atoms with Gasteiger partial charge in [-0.3, -0.25) is 4.79 Å². The van der Waals surface area contributed by atoms with Crippen molar-refractivity contribution in [2.75, 3.05) is 4.90 Å². The van der Waals surface area contributed by atoms with Gasteiger partial charge in [-0.15, -0.1) is 0 Å². The first-order chi connectivity index (χ1) is 11.1. The average molecular weight is 330 g/mol. The first-order valence-corrected chi connectivity index (χ1v) is 8.31. The van der Waals surface area contributed by atoms with Crippen molar-refractivity contribution in [1.82, 2.24) is 0 Å². The highest BCUT2D eigenvalue weighted by Gasteiger charge is 2.35. The number of amides is 1. The Morgan fingerprint density at radius 2 is 1.96 bits per heavy atom. The standard InChI is InChI=1S/C19H20ClNO2/c1-3-17(23-18-11-7-5-9-15(18)20)19(22)21-13(2)12-14-8-4-6-10-16(14)21/h4-11,13,17H,3,12H2,1-2H3/t13-,17-/m1/s1. The van der Waals surface area contributed by atoms with Crippen LogP contribution < -0.4 is 9.64 Å². The molecule has 2 aromatic rings. The fourth-order valence-electron chi connectivity index (χ4n) is 3.06. The summed E-state index contributed by atoms with van der Waals surface area (Å²) in [6, 6.07) is 15.5. The number of rotatable bonds is 4. The lowest BCUT2D eigenvalue weighted by Crippen LogP contribution is -2.44. The largest absolute Gasteiger partial charge is 0.479 e. The Morgan fingerprint density at radius 3 is 2.70 bits per heavy atom. The highest BCUT2D eigenvalue weighted by Crippen LogP contribution is 2.33. The molecule has 0 bridgehead atoms. The number of fused-ring (bicyclic) bond motifs is 1. The molecular weight excluding hydrogens is 310 g/mol. The molecule has 0 unspecified atom stereocenters. The molecule has 0 spiro atoms. The Kier molecular flexibility index (Phi) is 4.58. The molecule has 2 aromatic carbocycles. The number of carbonyl (C=O) groups excluding carboxylic acids is 1. The minimum atomic E-state index is -0.538. The zero-order valence-corrected chi connectivity index (χ0v) is 14.1. The third-order valence-electron chi connectivity index (χ3n) is 4.20. The van der Waals surface area contributed by atoms with Gasteiger partial charge >= 0.3 is 0 Å². The number of para-hydroxylation sites is 2. The van der Waals surface area contributed by atoms with Gasteiger partial charge in [0, 0.05) is 11.7 Å². The van der Waals surface area contributed by atoms with Crippen LogP contribution in [-0.2, 0) is 11.2 Å². The van der Waals surface area contributed by atoms with E-state index >= 15 is 0 Å². The summed E-state index contributed by atoms with van der Waals surface area (Å²) in [7, 11) is 0. The van der Waals surface area contributed by atoms with Crippen LogP contribution in [0.1, 0.15) is 25.8 Å². The van der Waals surface area contributed by atoms with E-state index in [9.17, 15) is 4.79 Å². The van der Waals surface area contributed by atoms with Gasteiger partial charge in [0.2, 0.25) is 0 Å². The summed E-state index contributed by atoms with van der Waals surface area (Å²) in [4.78, 5) is 14.9. The van der Waals surface area contributed by atoms with Gasteiger partial charge < -0.3 is 9.64 Å². The van der Waals surface area contributed by atoms with E-state index in [4.69, 9.17) is 16.3 Å². The predicted octanol–water partition coefficient (Wildman–Crippen LogP) is 4.48. The summed E-state index contributed by atoms with van der Waals surface area (Å²) in [6.07, 6.45) is 0.934. The van der Waals surface area contributed by atoms with Crippen LogP contribution in [0.25, 0.3) is 0 Å². The van der Waals surface area contributed by atoms with Crippen molar-refractivity contribution in [3.63, 3.8) is 0 Å². The lowest BCUT2D eigenvalue weighted by Gasteiger charge is -2.27. The number of hydrogen-bond acceptors (Lipinski definition) is 2. The quantitative estimate of drug-likeness (QED) is 0.828. The number of carbonyl (C=O) groups is 1. The number of halogens is 1. The van der Waals surface area contributed by atoms with Crippen LogP contribution in [-0.4, -0.2) is 18.1 Å². The smallest absolute Gasteiger partial charge is 0.268 e. The molecule has 1 amide bonds. The predicted molar refractivity (Wildman–Crippen MR) is 93.3 cm³/mol. The van der Waals surface area contributed by atoms with E-state index in [1.165, 1.54) is 5.56 Å². The van der Waals surface area contributed by atoms with Gasteiger partial charge in [-0.05, 0) is 43.5 Å². The van der Waals surface area contributed by atoms with Gasteiger partial charge in [0.25, 0.3) is 5.91 Å². The zero-order chi connectivity index (χ0) is 16.4. The lowest BCUT2D eigenvalue weighted by molar-refractivity contribution is -0.125. The molecule has 4 heteroatoms. The number of hydrogen-bond donors (Lipinski definition) is 0. The SMILES string of the molecule is CC[C@@H](Oc1ccccc1Cl)C(=O)N1c2ccccc2C[C@H]1C. The first-order valence-electron chi connectivity index (χ1n) is 7.94. The number of benzene rings is 2. The van der Waals surface area contributed by atoms with Crippen LogP contribution in [0.15, 0.2) is 48.5 Å². The molecule has 120 valence electrons. The number of anilines is 1. The fraction of sp³-hybridized carbons (Fsp3) is 0.316. The Hall–Kier alpha value is -2.00. The third kappa shape index (κ3) is 3.06. The van der Waals surface area contributed by atoms with Crippen molar-refractivity contribution in [1.29, 1.82) is 0 Å². The second-order valence-corrected chi connectivity index (χ2v) is 6.24. The molecule has 3 rings (SSSR count). The van der Waals surface area contributed by atoms with Gasteiger partial charge in [-0.1, -0.05) is 48.9 Å². The van der Waals surface area contributed by atoms with E-state index in [1.54, 1.807) is 12.1 Å². The van der Waals surface area contributed by atoms with E-state index in [1.807, 2.05) is 42.2 Å². The van der Waals surface area contributed by atoms with Crippen molar-refractivity contribution < 1.29 is 9.53 Å². The van der Waals surface area contributed by atoms with Crippen LogP contribution in [0.2, 0.25) is 5.02 Å². The summed E-state index contributed by atoms with van der Waals surface area (Å²) >= 11 is 6.15. The van der Waals surface area contributed by atoms with Crippen LogP contribution in [0, 0.1) is 0 Å². The summed E-state index contributed by atoms with van der Waals surface area (Å²) in [5.74, 6) is 0.541. The Bertz CT molecular complexity index is 716. The maximum Gasteiger partial charge on any atom is 0.268 e. The van der Waals surface area contributed by atoms with Gasteiger partial charge in [0.1, 0.15) is 5.75 Å². The minimum absolute atomic E-state index is 0.00938. The fourth-order valence-corrected chi connectivity index (χ4v) is 3.24. The van der Waals surface area contributed by atoms with E-state index in [-0.39, 0.29) is 11.9 Å². The van der Waals surface area contributed by atoms with Crippen molar-refractivity contribution in [3.05, 3.63) is 59.1 Å². The molecule has 3 nitrogen and oxygen atoms in total. The minimum Gasteiger partial charge on any atom is -0.479 e. The van der Waals surface area contributed by atoms with Crippen LogP contribution in [0.4, 0.5) is 5.69 Å². The van der Waals surface area contributed by atoms with E-state index in [2.05, 4.69) is 13.0 Å². The molecular formula is C19H20ClNO2. The molecule has 0 N–H and O–H groups in total. The second-order valence-electron chi connectivity index (χ2n) is 5.84. The number of ether oxygens (including phenoxy) is 1. The molecule has 23 heavy (non-hydrogen) atoms. The first kappa shape index (κ1) is 15.9. The van der Waals surface area contributed by atoms with Gasteiger partial charge in [0.05, 0.1) is 5.02 Å². The molecule has 1 aliphatic heterocycles. The normalized spacial score (nSPS) is 17.7. The summed E-state index contributed by atoms with van der Waals surface area (Å²) < 4.78 is 5.91. The molecule has 0 aromatic heterocycles. The number of nitrogens with zero attached hydrogens (tertiary/aromatic N) is 1. The van der Waals surface area contributed by atoms with E-state index in [0.29, 0.717) is 17.2 Å². The summed E-state index contributed by atoms with van der Waals surface area (Å²) in [5.41, 5.74) is 2.20. The van der Waals surface area contributed by atoms with E-state index < -0.39 is 6.10 Å². The van der Waals surface area contributed by atoms with Crippen LogP contribution in [0.3, 0.4) is 0 Å². The average Bonchev–Trinajstić information content (AvgIpc) is 2.89. The van der Waals surface area contributed by atoms with Crippen LogP contribution >= 0.6 is 11.6 Å². The van der Waals surface area contributed by atoms with Crippen molar-refractivity contribution >= 4 is 23.2 Å². The third-order valence-corrected chi connectivity index (χ3v) is 4.51. The molecule has 0 aliphatic carbocycles. The Balaban J connectivity index is 1.85.